The molecule has 140 valence electrons. The fraction of sp³-hybridized carbons (Fsp3) is 0.250. The Bertz CT molecular complexity index is 1010. The molecule has 1 saturated heterocycles. The van der Waals surface area contributed by atoms with Gasteiger partial charge >= 0.3 is 0 Å². The van der Waals surface area contributed by atoms with Crippen LogP contribution in [0, 0.1) is 18.3 Å². The Balaban J connectivity index is 1.39. The number of hydrogen-bond donors (Lipinski definition) is 0. The zero-order valence-corrected chi connectivity index (χ0v) is 15.5. The van der Waals surface area contributed by atoms with Crippen molar-refractivity contribution < 1.29 is 4.79 Å². The zero-order chi connectivity index (χ0) is 19.5. The smallest absolute Gasteiger partial charge is 0.253 e. The average Bonchev–Trinajstić information content (AvgIpc) is 3.19. The summed E-state index contributed by atoms with van der Waals surface area (Å²) >= 11 is 0. The Labute approximate surface area is 162 Å². The summed E-state index contributed by atoms with van der Waals surface area (Å²) < 4.78 is 1.88. The van der Waals surface area contributed by atoms with Crippen molar-refractivity contribution in [1.82, 2.24) is 24.6 Å². The maximum Gasteiger partial charge on any atom is 0.253 e. The monoisotopic (exact) mass is 373 g/mol. The summed E-state index contributed by atoms with van der Waals surface area (Å²) in [4.78, 5) is 20.8. The maximum atomic E-state index is 12.6. The second-order valence-corrected chi connectivity index (χ2v) is 6.56. The van der Waals surface area contributed by atoms with Crippen molar-refractivity contribution in [2.75, 3.05) is 31.1 Å². The first kappa shape index (κ1) is 17.7. The SMILES string of the molecule is Cc1nccn1-c1ccc(N2CCN(C(=O)c3ccc(C#N)cc3)CC2)nn1. The van der Waals surface area contributed by atoms with E-state index in [0.717, 1.165) is 17.5 Å². The van der Waals surface area contributed by atoms with Crippen LogP contribution in [0.3, 0.4) is 0 Å². The third-order valence-electron chi connectivity index (χ3n) is 4.86. The van der Waals surface area contributed by atoms with E-state index >= 15 is 0 Å². The zero-order valence-electron chi connectivity index (χ0n) is 15.5. The summed E-state index contributed by atoms with van der Waals surface area (Å²) in [6.07, 6.45) is 3.58. The summed E-state index contributed by atoms with van der Waals surface area (Å²) in [5.41, 5.74) is 1.15. The van der Waals surface area contributed by atoms with Gasteiger partial charge in [0.15, 0.2) is 11.6 Å². The van der Waals surface area contributed by atoms with Crippen LogP contribution in [-0.4, -0.2) is 56.7 Å². The lowest BCUT2D eigenvalue weighted by molar-refractivity contribution is 0.0746. The maximum absolute atomic E-state index is 12.6. The fourth-order valence-corrected chi connectivity index (χ4v) is 3.24. The standard InChI is InChI=1S/C20H19N7O/c1-15-22-8-9-27(15)19-7-6-18(23-24-19)25-10-12-26(13-11-25)20(28)17-4-2-16(14-21)3-5-17/h2-9H,10-13H2,1H3. The number of anilines is 1. The predicted octanol–water partition coefficient (Wildman–Crippen LogP) is 1.80. The van der Waals surface area contributed by atoms with Crippen LogP contribution in [0.15, 0.2) is 48.8 Å². The number of nitrogens with zero attached hydrogens (tertiary/aromatic N) is 7. The van der Waals surface area contributed by atoms with Crippen molar-refractivity contribution in [2.45, 2.75) is 6.92 Å². The van der Waals surface area contributed by atoms with Gasteiger partial charge in [0.2, 0.25) is 0 Å². The second-order valence-electron chi connectivity index (χ2n) is 6.56. The minimum Gasteiger partial charge on any atom is -0.352 e. The highest BCUT2D eigenvalue weighted by Crippen LogP contribution is 2.16. The van der Waals surface area contributed by atoms with Gasteiger partial charge < -0.3 is 9.80 Å². The number of piperazine rings is 1. The normalized spacial score (nSPS) is 14.0. The Kier molecular flexibility index (Phi) is 4.72. The number of benzene rings is 1. The molecule has 1 amide bonds. The van der Waals surface area contributed by atoms with Crippen LogP contribution in [-0.2, 0) is 0 Å². The lowest BCUT2D eigenvalue weighted by Gasteiger charge is -2.35. The number of hydrogen-bond acceptors (Lipinski definition) is 6. The van der Waals surface area contributed by atoms with Crippen molar-refractivity contribution >= 4 is 11.7 Å². The molecule has 2 aromatic heterocycles. The van der Waals surface area contributed by atoms with Crippen LogP contribution >= 0.6 is 0 Å². The molecule has 0 spiro atoms. The van der Waals surface area contributed by atoms with Gasteiger partial charge in [-0.25, -0.2) is 4.98 Å². The van der Waals surface area contributed by atoms with Gasteiger partial charge in [-0.05, 0) is 43.3 Å². The molecule has 8 heteroatoms. The van der Waals surface area contributed by atoms with Gasteiger partial charge in [-0.1, -0.05) is 0 Å². The van der Waals surface area contributed by atoms with E-state index in [4.69, 9.17) is 5.26 Å². The van der Waals surface area contributed by atoms with E-state index in [2.05, 4.69) is 26.2 Å². The first-order chi connectivity index (χ1) is 13.7. The van der Waals surface area contributed by atoms with Gasteiger partial charge in [-0.15, -0.1) is 10.2 Å². The minimum absolute atomic E-state index is 0.0128. The van der Waals surface area contributed by atoms with Crippen molar-refractivity contribution in [3.8, 4) is 11.9 Å². The van der Waals surface area contributed by atoms with Crippen molar-refractivity contribution in [1.29, 1.82) is 5.26 Å². The van der Waals surface area contributed by atoms with E-state index in [1.54, 1.807) is 30.5 Å². The topological polar surface area (TPSA) is 90.9 Å². The summed E-state index contributed by atoms with van der Waals surface area (Å²) in [5, 5.41) is 17.5. The van der Waals surface area contributed by atoms with Gasteiger partial charge in [-0.3, -0.25) is 9.36 Å². The fourth-order valence-electron chi connectivity index (χ4n) is 3.24. The molecule has 0 radical (unpaired) electrons. The molecule has 8 nitrogen and oxygen atoms in total. The Morgan fingerprint density at radius 2 is 1.68 bits per heavy atom. The molecule has 0 unspecified atom stereocenters. The molecule has 4 rings (SSSR count). The first-order valence-corrected chi connectivity index (χ1v) is 9.04. The number of carbonyl (C=O) groups is 1. The van der Waals surface area contributed by atoms with Crippen LogP contribution in [0.1, 0.15) is 21.7 Å². The molecular weight excluding hydrogens is 354 g/mol. The Hall–Kier alpha value is -3.73. The number of nitriles is 1. The van der Waals surface area contributed by atoms with Gasteiger partial charge in [0.1, 0.15) is 5.82 Å². The van der Waals surface area contributed by atoms with Crippen LogP contribution in [0.4, 0.5) is 5.82 Å². The third kappa shape index (κ3) is 3.42. The highest BCUT2D eigenvalue weighted by molar-refractivity contribution is 5.94. The molecule has 3 heterocycles. The molecule has 1 fully saturated rings. The van der Waals surface area contributed by atoms with Gasteiger partial charge in [0.05, 0.1) is 11.6 Å². The molecule has 0 atom stereocenters. The molecule has 28 heavy (non-hydrogen) atoms. The average molecular weight is 373 g/mol. The Morgan fingerprint density at radius 3 is 2.25 bits per heavy atom. The van der Waals surface area contributed by atoms with Gasteiger partial charge in [0, 0.05) is 44.1 Å². The minimum atomic E-state index is -0.0128. The third-order valence-corrected chi connectivity index (χ3v) is 4.86. The van der Waals surface area contributed by atoms with Crippen LogP contribution in [0.25, 0.3) is 5.82 Å². The highest BCUT2D eigenvalue weighted by atomic mass is 16.2. The lowest BCUT2D eigenvalue weighted by atomic mass is 10.1. The quantitative estimate of drug-likeness (QED) is 0.695. The molecule has 0 N–H and O–H groups in total. The van der Waals surface area contributed by atoms with Crippen molar-refractivity contribution in [3.63, 3.8) is 0 Å². The van der Waals surface area contributed by atoms with Gasteiger partial charge in [-0.2, -0.15) is 5.26 Å². The van der Waals surface area contributed by atoms with Crippen LogP contribution in [0.5, 0.6) is 0 Å². The Morgan fingerprint density at radius 1 is 1.00 bits per heavy atom. The first-order valence-electron chi connectivity index (χ1n) is 9.04. The summed E-state index contributed by atoms with van der Waals surface area (Å²) in [6, 6.07) is 12.7. The lowest BCUT2D eigenvalue weighted by Crippen LogP contribution is -2.49. The largest absolute Gasteiger partial charge is 0.352 e. The number of rotatable bonds is 3. The predicted molar refractivity (Wildman–Crippen MR) is 103 cm³/mol. The molecule has 1 aromatic carbocycles. The summed E-state index contributed by atoms with van der Waals surface area (Å²) in [5.74, 6) is 2.37. The van der Waals surface area contributed by atoms with Crippen molar-refractivity contribution in [3.05, 3.63) is 65.7 Å². The van der Waals surface area contributed by atoms with E-state index in [1.807, 2.05) is 34.7 Å². The molecule has 0 aliphatic carbocycles. The molecule has 3 aromatic rings. The van der Waals surface area contributed by atoms with Gasteiger partial charge in [0.25, 0.3) is 5.91 Å². The van der Waals surface area contributed by atoms with E-state index < -0.39 is 0 Å². The molecule has 0 bridgehead atoms. The van der Waals surface area contributed by atoms with E-state index in [-0.39, 0.29) is 5.91 Å². The second kappa shape index (κ2) is 7.48. The number of carbonyl (C=O) groups excluding carboxylic acids is 1. The van der Waals surface area contributed by atoms with E-state index in [0.29, 0.717) is 37.3 Å². The molecule has 0 saturated carbocycles. The number of imidazole rings is 1. The number of aromatic nitrogens is 4. The number of aryl methyl sites for hydroxylation is 1. The summed E-state index contributed by atoms with van der Waals surface area (Å²) in [7, 11) is 0. The molecule has 1 aliphatic rings. The van der Waals surface area contributed by atoms with Crippen molar-refractivity contribution in [2.24, 2.45) is 0 Å². The summed E-state index contributed by atoms with van der Waals surface area (Å²) in [6.45, 7) is 4.53. The van der Waals surface area contributed by atoms with E-state index in [1.165, 1.54) is 0 Å². The van der Waals surface area contributed by atoms with E-state index in [9.17, 15) is 4.79 Å². The highest BCUT2D eigenvalue weighted by Gasteiger charge is 2.23. The van der Waals surface area contributed by atoms with Crippen LogP contribution in [0.2, 0.25) is 0 Å². The van der Waals surface area contributed by atoms with Crippen LogP contribution < -0.4 is 4.90 Å². The molecule has 1 aliphatic heterocycles. The number of amides is 1. The molecular formula is C20H19N7O.